The fourth-order valence-electron chi connectivity index (χ4n) is 0.760. The Labute approximate surface area is 93.7 Å². The van der Waals surface area contributed by atoms with Gasteiger partial charge in [-0.3, -0.25) is 15.2 Å². The fourth-order valence-corrected chi connectivity index (χ4v) is 0.760. The van der Waals surface area contributed by atoms with E-state index >= 15 is 0 Å². The zero-order valence-electron chi connectivity index (χ0n) is 8.08. The SMILES string of the molecule is OCCN(CCO)CCO.[O-][I+3]([O-])([O-])O. The van der Waals surface area contributed by atoms with E-state index in [9.17, 15) is 0 Å². The van der Waals surface area contributed by atoms with Crippen molar-refractivity contribution in [3.63, 3.8) is 0 Å². The van der Waals surface area contributed by atoms with Crippen molar-refractivity contribution in [3.05, 3.63) is 0 Å². The normalized spacial score (nSPS) is 11.2. The summed E-state index contributed by atoms with van der Waals surface area (Å²) in [5, 5.41) is 25.5. The van der Waals surface area contributed by atoms with Gasteiger partial charge < -0.3 is 15.3 Å². The first-order valence-electron chi connectivity index (χ1n) is 4.03. The smallest absolute Gasteiger partial charge is 0.368 e. The molecule has 0 saturated carbocycles. The molecule has 8 nitrogen and oxygen atoms in total. The lowest BCUT2D eigenvalue weighted by Crippen LogP contribution is -4.23. The van der Waals surface area contributed by atoms with Crippen molar-refractivity contribution >= 4 is 0 Å². The van der Waals surface area contributed by atoms with Gasteiger partial charge in [0.15, 0.2) is 0 Å². The summed E-state index contributed by atoms with van der Waals surface area (Å²) in [4.78, 5) is 1.79. The monoisotopic (exact) mass is 341 g/mol. The molecule has 0 heterocycles. The zero-order chi connectivity index (χ0) is 12.3. The van der Waals surface area contributed by atoms with Crippen LogP contribution in [0.2, 0.25) is 0 Å². The van der Waals surface area contributed by atoms with Gasteiger partial charge in [0.1, 0.15) is 0 Å². The van der Waals surface area contributed by atoms with E-state index in [1.54, 1.807) is 4.90 Å². The van der Waals surface area contributed by atoms with E-state index in [2.05, 4.69) is 0 Å². The van der Waals surface area contributed by atoms with Crippen LogP contribution in [0.1, 0.15) is 0 Å². The van der Waals surface area contributed by atoms with Gasteiger partial charge in [0.05, 0.1) is 19.8 Å². The minimum atomic E-state index is -5.69. The lowest BCUT2D eigenvalue weighted by atomic mass is 10.4. The molecule has 0 aromatic heterocycles. The highest BCUT2D eigenvalue weighted by atomic mass is 127. The molecule has 0 fully saturated rings. The van der Waals surface area contributed by atoms with Crippen LogP contribution in [0.4, 0.5) is 0 Å². The van der Waals surface area contributed by atoms with Crippen LogP contribution in [0.15, 0.2) is 0 Å². The van der Waals surface area contributed by atoms with Gasteiger partial charge in [-0.15, -0.1) is 0 Å². The van der Waals surface area contributed by atoms with Gasteiger partial charge in [0.2, 0.25) is 0 Å². The Balaban J connectivity index is 0. The number of hydrogen-bond donors (Lipinski definition) is 4. The number of nitrogens with zero attached hydrogens (tertiary/aromatic N) is 1. The molecule has 0 amide bonds. The molecule has 15 heavy (non-hydrogen) atoms. The van der Waals surface area contributed by atoms with E-state index in [1.807, 2.05) is 0 Å². The van der Waals surface area contributed by atoms with Gasteiger partial charge >= 0.3 is 20.1 Å². The summed E-state index contributed by atoms with van der Waals surface area (Å²) in [5.74, 6) is 0. The molecule has 94 valence electrons. The summed E-state index contributed by atoms with van der Waals surface area (Å²) < 4.78 is 33.2. The molecule has 0 atom stereocenters. The fraction of sp³-hybridized carbons (Fsp3) is 1.00. The van der Waals surface area contributed by atoms with Crippen LogP contribution in [0.25, 0.3) is 0 Å². The summed E-state index contributed by atoms with van der Waals surface area (Å²) in [5.41, 5.74) is 0. The molecule has 0 aromatic rings. The third-order valence-corrected chi connectivity index (χ3v) is 1.25. The van der Waals surface area contributed by atoms with E-state index in [4.69, 9.17) is 29.1 Å². The van der Waals surface area contributed by atoms with E-state index in [-0.39, 0.29) is 19.8 Å². The van der Waals surface area contributed by atoms with Crippen LogP contribution in [0.5, 0.6) is 0 Å². The van der Waals surface area contributed by atoms with E-state index in [0.29, 0.717) is 19.6 Å². The minimum Gasteiger partial charge on any atom is -0.395 e. The van der Waals surface area contributed by atoms with Gasteiger partial charge in [-0.25, -0.2) is 0 Å². The second-order valence-electron chi connectivity index (χ2n) is 2.41. The third kappa shape index (κ3) is 25.1. The first-order valence-corrected chi connectivity index (χ1v) is 7.64. The molecule has 0 spiro atoms. The quantitative estimate of drug-likeness (QED) is 0.347. The molecule has 0 aliphatic carbocycles. The predicted molar refractivity (Wildman–Crippen MR) is 39.9 cm³/mol. The lowest BCUT2D eigenvalue weighted by molar-refractivity contribution is -1.92. The topological polar surface area (TPSA) is 153 Å². The molecule has 0 radical (unpaired) electrons. The van der Waals surface area contributed by atoms with Crippen LogP contribution in [-0.4, -0.2) is 63.1 Å². The third-order valence-electron chi connectivity index (χ3n) is 1.25. The van der Waals surface area contributed by atoms with Crippen molar-refractivity contribution in [1.29, 1.82) is 0 Å². The molecule has 0 aromatic carbocycles. The molecule has 9 heteroatoms. The summed E-state index contributed by atoms with van der Waals surface area (Å²) in [6.45, 7) is 1.75. The van der Waals surface area contributed by atoms with E-state index in [1.165, 1.54) is 0 Å². The Morgan fingerprint density at radius 2 is 1.00 bits per heavy atom. The number of halogens is 1. The number of rotatable bonds is 6. The van der Waals surface area contributed by atoms with Gasteiger partial charge in [0.25, 0.3) is 0 Å². The molecule has 0 unspecified atom stereocenters. The molecular formula is C6H16INO7. The summed E-state index contributed by atoms with van der Waals surface area (Å²) in [7, 11) is 0. The number of aliphatic hydroxyl groups excluding tert-OH is 3. The van der Waals surface area contributed by atoms with Gasteiger partial charge in [0, 0.05) is 23.1 Å². The molecule has 4 N–H and O–H groups in total. The van der Waals surface area contributed by atoms with Crippen LogP contribution in [0.3, 0.4) is 0 Å². The average Bonchev–Trinajstić information content (AvgIpc) is 2.02. The maximum absolute atomic E-state index is 8.73. The van der Waals surface area contributed by atoms with Crippen molar-refractivity contribution in [1.82, 2.24) is 4.90 Å². The molecule has 0 bridgehead atoms. The zero-order valence-corrected chi connectivity index (χ0v) is 10.2. The average molecular weight is 341 g/mol. The number of hydrogen-bond acceptors (Lipinski definition) is 8. The van der Waals surface area contributed by atoms with Crippen molar-refractivity contribution in [2.45, 2.75) is 0 Å². The maximum Gasteiger partial charge on any atom is 0.368 e. The first kappa shape index (κ1) is 17.8. The second kappa shape index (κ2) is 10.9. The highest BCUT2D eigenvalue weighted by Crippen LogP contribution is 1.84. The maximum atomic E-state index is 8.73. The molecule has 0 aliphatic heterocycles. The highest BCUT2D eigenvalue weighted by molar-refractivity contribution is 4.54. The van der Waals surface area contributed by atoms with Crippen LogP contribution in [-0.2, 0) is 0 Å². The highest BCUT2D eigenvalue weighted by Gasteiger charge is 2.11. The van der Waals surface area contributed by atoms with Crippen LogP contribution >= 0.6 is 0 Å². The van der Waals surface area contributed by atoms with Crippen molar-refractivity contribution in [2.75, 3.05) is 39.5 Å². The van der Waals surface area contributed by atoms with E-state index < -0.39 is 20.1 Å². The Morgan fingerprint density at radius 3 is 1.13 bits per heavy atom. The van der Waals surface area contributed by atoms with Crippen molar-refractivity contribution in [3.8, 4) is 0 Å². The first-order chi connectivity index (χ1) is 6.85. The molecular weight excluding hydrogens is 325 g/mol. The minimum absolute atomic E-state index is 0.0694. The molecule has 0 saturated heterocycles. The summed E-state index contributed by atoms with van der Waals surface area (Å²) in [6.07, 6.45) is 0. The van der Waals surface area contributed by atoms with Gasteiger partial charge in [-0.2, -0.15) is 0 Å². The number of aliphatic hydroxyl groups is 3. The lowest BCUT2D eigenvalue weighted by Gasteiger charge is -2.17. The van der Waals surface area contributed by atoms with Crippen molar-refractivity contribution in [2.24, 2.45) is 0 Å². The van der Waals surface area contributed by atoms with Crippen LogP contribution in [0, 0.1) is 0 Å². The Bertz CT molecular complexity index is 111. The standard InChI is InChI=1S/C6H15NO3.HIO4/c8-4-1-7(2-5-9)3-6-10;2-1(3,4)5/h8-10H,1-6H2;2H. The second-order valence-corrected chi connectivity index (χ2v) is 4.67. The predicted octanol–water partition coefficient (Wildman–Crippen LogP) is -8.85. The van der Waals surface area contributed by atoms with Gasteiger partial charge in [-0.1, -0.05) is 0 Å². The Morgan fingerprint density at radius 1 is 0.800 bits per heavy atom. The van der Waals surface area contributed by atoms with Crippen molar-refractivity contribution < 1.29 is 49.2 Å². The summed E-state index contributed by atoms with van der Waals surface area (Å²) >= 11 is -5.69. The largest absolute Gasteiger partial charge is 0.395 e. The Hall–Kier alpha value is 0.410. The van der Waals surface area contributed by atoms with Crippen LogP contribution < -0.4 is 30.4 Å². The van der Waals surface area contributed by atoms with Gasteiger partial charge in [-0.05, 0) is 0 Å². The molecule has 0 aliphatic rings. The Kier molecular flexibility index (Phi) is 12.9. The molecule has 0 rings (SSSR count). The summed E-state index contributed by atoms with van der Waals surface area (Å²) in [6, 6.07) is 0. The van der Waals surface area contributed by atoms with E-state index in [0.717, 1.165) is 0 Å².